The number of likely N-dealkylation sites (N-methyl/N-ethyl adjacent to an activating group) is 2. The predicted molar refractivity (Wildman–Crippen MR) is 508 cm³/mol. The molecule has 3 heterocycles. The normalized spacial score (nSPS) is 17.8. The number of Topliss-reactive ketones (excluding diaryl/α,β-unsaturated/α-hetero) is 1. The van der Waals surface area contributed by atoms with E-state index in [1.165, 1.54) is 42.4 Å². The summed E-state index contributed by atoms with van der Waals surface area (Å²) in [6.07, 6.45) is 3.66. The van der Waals surface area contributed by atoms with Gasteiger partial charge in [0, 0.05) is 52.9 Å². The summed E-state index contributed by atoms with van der Waals surface area (Å²) in [5, 5.41) is 26.1. The van der Waals surface area contributed by atoms with Gasteiger partial charge in [-0.3, -0.25) is 62.5 Å². The van der Waals surface area contributed by atoms with E-state index >= 15 is 28.8 Å². The Hall–Kier alpha value is -12.5. The van der Waals surface area contributed by atoms with E-state index in [1.54, 1.807) is 177 Å². The fourth-order valence-electron chi connectivity index (χ4n) is 16.0. The number of hydrogen-bond acceptors (Lipinski definition) is 21. The molecule has 0 bridgehead atoms. The maximum atomic E-state index is 15.7. The van der Waals surface area contributed by atoms with Crippen LogP contribution in [0.2, 0.25) is 0 Å². The fourth-order valence-corrected chi connectivity index (χ4v) is 17.3. The number of aromatic nitrogens is 3. The highest BCUT2D eigenvalue weighted by atomic mass is 32.2. The second-order valence-electron chi connectivity index (χ2n) is 40.5. The molecule has 0 spiro atoms. The first-order valence-corrected chi connectivity index (χ1v) is 47.2. The van der Waals surface area contributed by atoms with Crippen LogP contribution >= 0.6 is 0 Å². The van der Waals surface area contributed by atoms with E-state index in [0.717, 1.165) is 31.3 Å². The number of esters is 1. The zero-order chi connectivity index (χ0) is 98.4. The summed E-state index contributed by atoms with van der Waals surface area (Å²) in [5.74, 6) is -7.58. The molecule has 6 aromatic carbocycles. The first-order valence-electron chi connectivity index (χ1n) is 45.6. The largest absolute Gasteiger partial charge is 0.490 e. The van der Waals surface area contributed by atoms with E-state index in [-0.39, 0.29) is 77.2 Å². The van der Waals surface area contributed by atoms with Crippen LogP contribution in [0.1, 0.15) is 190 Å². The van der Waals surface area contributed by atoms with Crippen LogP contribution in [-0.4, -0.2) is 224 Å². The number of fused-ring (bicyclic) bond motifs is 2. The van der Waals surface area contributed by atoms with Crippen LogP contribution in [0.3, 0.4) is 0 Å². The average molecular weight is 1870 g/mol. The van der Waals surface area contributed by atoms with Gasteiger partial charge in [0.25, 0.3) is 5.91 Å². The molecule has 0 unspecified atom stereocenters. The lowest BCUT2D eigenvalue weighted by molar-refractivity contribution is -0.161. The molecule has 32 nitrogen and oxygen atoms in total. The minimum absolute atomic E-state index is 0.0350. The summed E-state index contributed by atoms with van der Waals surface area (Å²) >= 11 is 0. The van der Waals surface area contributed by atoms with Gasteiger partial charge in [-0.25, -0.2) is 22.7 Å². The molecule has 2 aliphatic heterocycles. The van der Waals surface area contributed by atoms with E-state index < -0.39 is 180 Å². The number of rotatable bonds is 38. The number of ether oxygens (including phenoxy) is 5. The number of amides is 10. The van der Waals surface area contributed by atoms with Gasteiger partial charge in [-0.05, 0) is 199 Å². The van der Waals surface area contributed by atoms with E-state index in [1.807, 2.05) is 78.9 Å². The Morgan fingerprint density at radius 1 is 0.500 bits per heavy atom. The highest BCUT2D eigenvalue weighted by Gasteiger charge is 2.50. The monoisotopic (exact) mass is 1860 g/mol. The van der Waals surface area contributed by atoms with E-state index in [4.69, 9.17) is 23.7 Å². The van der Waals surface area contributed by atoms with Gasteiger partial charge in [-0.2, -0.15) is 0 Å². The lowest BCUT2D eigenvalue weighted by Crippen LogP contribution is -2.61. The SMILES string of the molecule is C=CCOc1ccc(C[C@H](CC(=O)[C@H](Cc2ccc3ccccc3c2)NC(=O)[C@@H]2C[C@H](n3cc(COc4ccc(C[C@H](NC(=O)[C@H](Cc5ccc6ccccc6c5)NC(=O)[C@@H]5C[C@H](CC=C)CN5C(=O)[C@@H](NC(=O)[C@H](C)N(C)C(=O)OC(C)(C)C)C(C)(C)C)C(=O)NS(=O)(=O)C5CC5)cc4)nn3)CN2C(=O)[C@@H](NC(=O)[C@H](C)N(C)C(=O)OC(C)(C)C)C(C)(C)C)C(=O)OC(C)(C)C)cc1. The Labute approximate surface area is 785 Å². The topological polar surface area (TPSA) is 401 Å². The van der Waals surface area contributed by atoms with Crippen molar-refractivity contribution in [3.63, 3.8) is 0 Å². The van der Waals surface area contributed by atoms with Gasteiger partial charge in [-0.15, -0.1) is 11.7 Å². The zero-order valence-corrected chi connectivity index (χ0v) is 81.4. The summed E-state index contributed by atoms with van der Waals surface area (Å²) in [7, 11) is -1.40. The predicted octanol–water partition coefficient (Wildman–Crippen LogP) is 11.5. The summed E-state index contributed by atoms with van der Waals surface area (Å²) in [6.45, 7) is 36.4. The third-order valence-electron chi connectivity index (χ3n) is 23.7. The van der Waals surface area contributed by atoms with Crippen molar-refractivity contribution < 1.29 is 89.6 Å². The summed E-state index contributed by atoms with van der Waals surface area (Å²) in [6, 6.07) is 27.5. The summed E-state index contributed by atoms with van der Waals surface area (Å²) in [4.78, 5) is 182. The molecule has 12 atom stereocenters. The number of nitrogens with zero attached hydrogens (tertiary/aromatic N) is 7. The van der Waals surface area contributed by atoms with Crippen LogP contribution in [0.15, 0.2) is 165 Å². The molecule has 6 N–H and O–H groups in total. The van der Waals surface area contributed by atoms with Crippen molar-refractivity contribution in [2.75, 3.05) is 33.8 Å². The van der Waals surface area contributed by atoms with Crippen LogP contribution in [0.5, 0.6) is 11.5 Å². The number of benzene rings is 6. The van der Waals surface area contributed by atoms with Crippen molar-refractivity contribution in [1.29, 1.82) is 0 Å². The van der Waals surface area contributed by atoms with Gasteiger partial charge in [-0.1, -0.05) is 175 Å². The number of ketones is 1. The van der Waals surface area contributed by atoms with E-state index in [2.05, 4.69) is 54.8 Å². The molecule has 0 radical (unpaired) electrons. The second kappa shape index (κ2) is 43.6. The Balaban J connectivity index is 0.908. The minimum atomic E-state index is -4.21. The van der Waals surface area contributed by atoms with Gasteiger partial charge >= 0.3 is 18.2 Å². The molecule has 3 aliphatic rings. The molecule has 722 valence electrons. The number of likely N-dealkylation sites (tertiary alicyclic amines) is 2. The summed E-state index contributed by atoms with van der Waals surface area (Å²) < 4.78 is 60.0. The first kappa shape index (κ1) is 104. The number of sulfonamides is 1. The smallest absolute Gasteiger partial charge is 0.410 e. The summed E-state index contributed by atoms with van der Waals surface area (Å²) in [5.41, 5.74) is -1.99. The van der Waals surface area contributed by atoms with Gasteiger partial charge in [0.1, 0.15) is 95.5 Å². The van der Waals surface area contributed by atoms with Gasteiger partial charge in [0.05, 0.1) is 29.4 Å². The maximum absolute atomic E-state index is 15.7. The van der Waals surface area contributed by atoms with Crippen molar-refractivity contribution in [3.8, 4) is 11.5 Å². The third-order valence-corrected chi connectivity index (χ3v) is 25.6. The molecule has 33 heteroatoms. The molecular formula is C101H133N13O19S. The number of carbonyl (C=O) groups excluding carboxylic acids is 12. The van der Waals surface area contributed by atoms with Crippen molar-refractivity contribution in [2.24, 2.45) is 22.7 Å². The van der Waals surface area contributed by atoms with Crippen molar-refractivity contribution >= 4 is 103 Å². The van der Waals surface area contributed by atoms with Crippen molar-refractivity contribution in [3.05, 3.63) is 193 Å². The maximum Gasteiger partial charge on any atom is 0.410 e. The molecule has 134 heavy (non-hydrogen) atoms. The quantitative estimate of drug-likeness (QED) is 0.0119. The van der Waals surface area contributed by atoms with Gasteiger partial charge in [0.15, 0.2) is 5.78 Å². The van der Waals surface area contributed by atoms with Gasteiger partial charge < -0.3 is 60.1 Å². The highest BCUT2D eigenvalue weighted by Crippen LogP contribution is 2.36. The van der Waals surface area contributed by atoms with E-state index in [9.17, 15) is 37.2 Å². The van der Waals surface area contributed by atoms with Crippen LogP contribution < -0.4 is 40.8 Å². The Bertz CT molecular complexity index is 5570. The van der Waals surface area contributed by atoms with Crippen molar-refractivity contribution in [2.45, 2.75) is 271 Å². The Morgan fingerprint density at radius 3 is 1.42 bits per heavy atom. The molecule has 1 aliphatic carbocycles. The Kier molecular flexibility index (Phi) is 33.7. The average Bonchev–Trinajstić information content (AvgIpc) is 1.61. The van der Waals surface area contributed by atoms with Gasteiger partial charge in [0.2, 0.25) is 51.4 Å². The molecule has 3 fully saturated rings. The number of hydrogen-bond donors (Lipinski definition) is 6. The third kappa shape index (κ3) is 28.7. The van der Waals surface area contributed by atoms with Crippen molar-refractivity contribution in [1.82, 2.24) is 65.9 Å². The first-order chi connectivity index (χ1) is 62.7. The van der Waals surface area contributed by atoms with Crippen LogP contribution in [-0.2, 0) is 104 Å². The lowest BCUT2D eigenvalue weighted by atomic mass is 9.85. The van der Waals surface area contributed by atoms with E-state index in [0.29, 0.717) is 58.7 Å². The number of nitrogens with one attached hydrogen (secondary N) is 6. The molecule has 2 saturated heterocycles. The highest BCUT2D eigenvalue weighted by molar-refractivity contribution is 7.91. The lowest BCUT2D eigenvalue weighted by Gasteiger charge is -2.37. The Morgan fingerprint density at radius 2 is 0.940 bits per heavy atom. The molecule has 10 rings (SSSR count). The van der Waals surface area contributed by atoms with Crippen LogP contribution in [0.4, 0.5) is 9.59 Å². The fraction of sp³-hybridized carbons (Fsp3) is 0.505. The number of allylic oxidation sites excluding steroid dienone is 1. The second-order valence-corrected chi connectivity index (χ2v) is 42.5. The molecule has 1 saturated carbocycles. The minimum Gasteiger partial charge on any atom is -0.490 e. The zero-order valence-electron chi connectivity index (χ0n) is 80.5. The van der Waals surface area contributed by atoms with Crippen LogP contribution in [0, 0.1) is 22.7 Å². The molecule has 7 aromatic rings. The molecular weight excluding hydrogens is 1730 g/mol. The standard InChI is InChI=1S/C101H133N13O19S/c1-22-28-67-54-81(112(57-67)92(122)84(97(5,6)7)105-86(116)61(3)110(20)95(125)132-100(14,15)16)90(120)104-79(53-66-34-40-69-30-25-27-32-71(69)50-66)88(118)103-80(89(119)108-134(127,128)77-45-46-77)51-64-37-43-76(44-38-64)130-60-73-58-114(109-107-73)74-56-82(113(59-74)93(123)85(98(8,9)10)106-87(117)62(4)111(21)96(126)133-101(17,18)19)91(121)102-78(52-65-33-39-68-29-24-26-31-70(68)49-65)83(115)55-72(94(124)131-99(11,12)13)48-63-35-41-75(42-36-63)129-47-23-2/h22-27,29-44,49-50,58,61-62,67,72,74,77-82,84-85H,1-2,28,45-48,51-57,59-60H2,3-21H3,(H,102,121)(H,103,118)(H,104,120)(H,105,116)(H,106,117)(H,108,119)/t61-,62-,67-,72+,74-,78-,79-,80-,81-,82-,84+,85+/m0/s1. The number of carbonyl (C=O) groups is 12. The molecule has 1 aromatic heterocycles. The van der Waals surface area contributed by atoms with Crippen LogP contribution in [0.25, 0.3) is 21.5 Å². The molecule has 10 amide bonds.